The zero-order valence-electron chi connectivity index (χ0n) is 20.7. The van der Waals surface area contributed by atoms with Gasteiger partial charge < -0.3 is 33.2 Å². The van der Waals surface area contributed by atoms with E-state index in [4.69, 9.17) is 38.4 Å². The zero-order chi connectivity index (χ0) is 29.3. The van der Waals surface area contributed by atoms with Crippen molar-refractivity contribution in [3.05, 3.63) is 0 Å². The topological polar surface area (TPSA) is 103 Å². The monoisotopic (exact) mass is 616 g/mol. The molecule has 0 spiro atoms. The molecular weight excluding hydrogens is 584 g/mol. The van der Waals surface area contributed by atoms with Gasteiger partial charge in [0.2, 0.25) is 0 Å². The molecule has 1 heterocycles. The summed E-state index contributed by atoms with van der Waals surface area (Å²) >= 11 is -1.66. The molecule has 39 heavy (non-hydrogen) atoms. The molecule has 1 aliphatic rings. The molecule has 0 aromatic rings. The predicted octanol–water partition coefficient (Wildman–Crippen LogP) is 3.83. The average Bonchev–Trinajstić information content (AvgIpc) is 2.83. The number of rotatable bonds is 12. The first-order valence-electron chi connectivity index (χ1n) is 11.6. The van der Waals surface area contributed by atoms with Crippen LogP contribution >= 0.6 is 12.0 Å². The Morgan fingerprint density at radius 1 is 0.692 bits per heavy atom. The molecule has 0 aliphatic carbocycles. The molecule has 1 rings (SSSR count). The second-order valence-electron chi connectivity index (χ2n) is 7.71. The third kappa shape index (κ3) is 14.7. The predicted molar refractivity (Wildman–Crippen MR) is 116 cm³/mol. The minimum atomic E-state index is -6.11. The first kappa shape index (κ1) is 36.4. The first-order chi connectivity index (χ1) is 18.3. The summed E-state index contributed by atoms with van der Waals surface area (Å²) in [6.07, 6.45) is -15.3. The second-order valence-corrected chi connectivity index (χ2v) is 8.54. The quantitative estimate of drug-likeness (QED) is 0.114. The highest BCUT2D eigenvalue weighted by Crippen LogP contribution is 2.50. The van der Waals surface area contributed by atoms with Gasteiger partial charge in [-0.1, -0.05) is 0 Å². The SMILES string of the molecule is OOSC(F)(F)C(F)(F)OC(F)(F)C(F)(F)CCCOCC1COCCOCCOCCOCCOCCO1. The van der Waals surface area contributed by atoms with Gasteiger partial charge in [0, 0.05) is 13.0 Å². The Morgan fingerprint density at radius 3 is 1.69 bits per heavy atom. The van der Waals surface area contributed by atoms with Crippen LogP contribution in [0.4, 0.5) is 35.1 Å². The van der Waals surface area contributed by atoms with Crippen molar-refractivity contribution in [2.24, 2.45) is 0 Å². The van der Waals surface area contributed by atoms with Crippen LogP contribution in [0.15, 0.2) is 0 Å². The highest BCUT2D eigenvalue weighted by Gasteiger charge is 2.69. The van der Waals surface area contributed by atoms with Gasteiger partial charge in [-0.15, -0.1) is 0 Å². The molecule has 0 amide bonds. The van der Waals surface area contributed by atoms with Crippen LogP contribution in [0, 0.1) is 0 Å². The molecule has 234 valence electrons. The molecule has 1 unspecified atom stereocenters. The van der Waals surface area contributed by atoms with Crippen molar-refractivity contribution in [2.45, 2.75) is 42.3 Å². The van der Waals surface area contributed by atoms with E-state index in [0.717, 1.165) is 0 Å². The lowest BCUT2D eigenvalue weighted by Gasteiger charge is -2.31. The minimum Gasteiger partial charge on any atom is -0.379 e. The van der Waals surface area contributed by atoms with E-state index in [1.807, 2.05) is 0 Å². The van der Waals surface area contributed by atoms with Crippen molar-refractivity contribution >= 4 is 12.0 Å². The van der Waals surface area contributed by atoms with E-state index in [1.54, 1.807) is 0 Å². The lowest BCUT2D eigenvalue weighted by molar-refractivity contribution is -0.456. The van der Waals surface area contributed by atoms with Crippen LogP contribution in [0.3, 0.4) is 0 Å². The second kappa shape index (κ2) is 18.7. The number of ether oxygens (including phenoxy) is 8. The van der Waals surface area contributed by atoms with E-state index < -0.39 is 61.0 Å². The van der Waals surface area contributed by atoms with Gasteiger partial charge in [-0.05, 0) is 6.42 Å². The van der Waals surface area contributed by atoms with Crippen molar-refractivity contribution in [1.82, 2.24) is 0 Å². The van der Waals surface area contributed by atoms with Gasteiger partial charge in [-0.25, -0.2) is 9.99 Å². The number of hydrogen-bond acceptors (Lipinski definition) is 11. The molecule has 1 N–H and O–H groups in total. The van der Waals surface area contributed by atoms with E-state index in [-0.39, 0.29) is 39.6 Å². The van der Waals surface area contributed by atoms with E-state index in [1.165, 1.54) is 0 Å². The minimum absolute atomic E-state index is 0.00387. The van der Waals surface area contributed by atoms with Crippen LogP contribution in [-0.2, 0) is 42.2 Å². The third-order valence-corrected chi connectivity index (χ3v) is 5.14. The summed E-state index contributed by atoms with van der Waals surface area (Å²) in [6, 6.07) is 0. The smallest absolute Gasteiger partial charge is 0.379 e. The van der Waals surface area contributed by atoms with E-state index in [0.29, 0.717) is 39.6 Å². The highest BCUT2D eigenvalue weighted by molar-refractivity contribution is 7.95. The summed E-state index contributed by atoms with van der Waals surface area (Å²) in [4.78, 5) is 0. The maximum atomic E-state index is 13.8. The molecule has 0 aromatic heterocycles. The van der Waals surface area contributed by atoms with Crippen molar-refractivity contribution < 1.29 is 82.6 Å². The Balaban J connectivity index is 2.47. The Morgan fingerprint density at radius 2 is 1.18 bits per heavy atom. The van der Waals surface area contributed by atoms with Crippen LogP contribution in [0.25, 0.3) is 0 Å². The lowest BCUT2D eigenvalue weighted by atomic mass is 10.1. The van der Waals surface area contributed by atoms with Crippen molar-refractivity contribution in [2.75, 3.05) is 85.9 Å². The van der Waals surface area contributed by atoms with Crippen molar-refractivity contribution in [1.29, 1.82) is 0 Å². The third-order valence-electron chi connectivity index (χ3n) is 4.62. The van der Waals surface area contributed by atoms with Crippen LogP contribution in [0.5, 0.6) is 0 Å². The van der Waals surface area contributed by atoms with Crippen LogP contribution in [0.1, 0.15) is 12.8 Å². The molecule has 0 aromatic carbocycles. The van der Waals surface area contributed by atoms with Gasteiger partial charge in [0.25, 0.3) is 0 Å². The van der Waals surface area contributed by atoms with Gasteiger partial charge in [-0.3, -0.25) is 0 Å². The highest BCUT2D eigenvalue weighted by atomic mass is 32.2. The molecule has 1 atom stereocenters. The zero-order valence-corrected chi connectivity index (χ0v) is 21.6. The van der Waals surface area contributed by atoms with Gasteiger partial charge in [0.1, 0.15) is 18.1 Å². The van der Waals surface area contributed by atoms with Crippen LogP contribution < -0.4 is 0 Å². The van der Waals surface area contributed by atoms with E-state index >= 15 is 0 Å². The summed E-state index contributed by atoms with van der Waals surface area (Å²) in [5.41, 5.74) is 0. The maximum Gasteiger partial charge on any atom is 0.436 e. The fraction of sp³-hybridized carbons (Fsp3) is 1.00. The summed E-state index contributed by atoms with van der Waals surface area (Å²) in [7, 11) is 0. The summed E-state index contributed by atoms with van der Waals surface area (Å²) in [5.74, 6) is -5.27. The molecular formula is C20H32F8O10S. The summed E-state index contributed by atoms with van der Waals surface area (Å²) < 4.78 is 150. The number of halogens is 8. The van der Waals surface area contributed by atoms with Gasteiger partial charge >= 0.3 is 23.4 Å². The van der Waals surface area contributed by atoms with E-state index in [9.17, 15) is 35.1 Å². The Bertz CT molecular complexity index is 621. The largest absolute Gasteiger partial charge is 0.436 e. The summed E-state index contributed by atoms with van der Waals surface area (Å²) in [5, 5.41) is 2.23. The van der Waals surface area contributed by atoms with Crippen LogP contribution in [0.2, 0.25) is 0 Å². The fourth-order valence-electron chi connectivity index (χ4n) is 2.66. The van der Waals surface area contributed by atoms with E-state index in [2.05, 4.69) is 9.07 Å². The molecule has 0 saturated carbocycles. The molecule has 0 bridgehead atoms. The molecule has 1 aliphatic heterocycles. The van der Waals surface area contributed by atoms with Gasteiger partial charge in [-0.2, -0.15) is 39.5 Å². The first-order valence-corrected chi connectivity index (χ1v) is 12.4. The van der Waals surface area contributed by atoms with Crippen molar-refractivity contribution in [3.63, 3.8) is 0 Å². The molecule has 0 radical (unpaired) electrons. The van der Waals surface area contributed by atoms with Crippen molar-refractivity contribution in [3.8, 4) is 0 Å². The fourth-order valence-corrected chi connectivity index (χ4v) is 2.89. The molecule has 19 heteroatoms. The molecule has 1 saturated heterocycles. The molecule has 10 nitrogen and oxygen atoms in total. The van der Waals surface area contributed by atoms with Crippen LogP contribution in [-0.4, -0.2) is 121 Å². The Labute approximate surface area is 223 Å². The maximum absolute atomic E-state index is 13.8. The number of hydrogen-bond donors (Lipinski definition) is 1. The average molecular weight is 617 g/mol. The standard InChI is InChI=1S/C20H32F8O10S/c21-17(22,18(23,24)37-19(25,26)20(27,28)39-38-29)2-1-3-34-14-16-15-35-11-10-32-7-6-30-4-5-31-8-9-33-12-13-36-16/h16,29H,1-15H2. The normalized spacial score (nSPS) is 21.3. The Kier molecular flexibility index (Phi) is 17.5. The van der Waals surface area contributed by atoms with Gasteiger partial charge in [0.05, 0.1) is 79.3 Å². The van der Waals surface area contributed by atoms with Gasteiger partial charge in [0.15, 0.2) is 0 Å². The summed E-state index contributed by atoms with van der Waals surface area (Å²) in [6.45, 7) is 2.12. The molecule has 1 fully saturated rings. The number of alkyl halides is 8. The lowest BCUT2D eigenvalue weighted by Crippen LogP contribution is -2.52. The Hall–Kier alpha value is -0.610.